The largest absolute Gasteiger partial charge is 0.481 e. The van der Waals surface area contributed by atoms with Crippen molar-refractivity contribution in [3.05, 3.63) is 11.6 Å². The second-order valence-electron chi connectivity index (χ2n) is 4.89. The number of unbranched alkanes of at least 4 members (excludes halogenated alkanes) is 5. The Hall–Kier alpha value is -1.65. The van der Waals surface area contributed by atoms with Crippen LogP contribution in [0.4, 0.5) is 0 Å². The molecule has 2 amide bonds. The zero-order chi connectivity index (χ0) is 14.3. The highest BCUT2D eigenvalue weighted by molar-refractivity contribution is 6.15. The molecule has 19 heavy (non-hydrogen) atoms. The molecule has 0 fully saturated rings. The molecule has 0 aliphatic carbocycles. The first-order valence-electron chi connectivity index (χ1n) is 6.78. The van der Waals surface area contributed by atoms with Crippen LogP contribution in [0.3, 0.4) is 0 Å². The fourth-order valence-corrected chi connectivity index (χ4v) is 2.10. The van der Waals surface area contributed by atoms with Gasteiger partial charge in [-0.15, -0.1) is 0 Å². The first-order chi connectivity index (χ1) is 9.02. The van der Waals surface area contributed by atoms with Crippen LogP contribution in [0, 0.1) is 0 Å². The summed E-state index contributed by atoms with van der Waals surface area (Å²) in [6.45, 7) is 2.14. The number of amides is 2. The molecule has 1 aliphatic rings. The van der Waals surface area contributed by atoms with Gasteiger partial charge in [0.2, 0.25) is 0 Å². The number of rotatable bonds is 9. The maximum Gasteiger partial charge on any atom is 0.303 e. The lowest BCUT2D eigenvalue weighted by Crippen LogP contribution is -2.31. The van der Waals surface area contributed by atoms with Crippen molar-refractivity contribution >= 4 is 17.8 Å². The van der Waals surface area contributed by atoms with Crippen LogP contribution >= 0.6 is 0 Å². The summed E-state index contributed by atoms with van der Waals surface area (Å²) in [4.78, 5) is 34.6. The molecule has 0 radical (unpaired) electrons. The minimum absolute atomic E-state index is 0.175. The molecule has 1 aliphatic heterocycles. The quantitative estimate of drug-likeness (QED) is 0.513. The van der Waals surface area contributed by atoms with Crippen molar-refractivity contribution in [1.29, 1.82) is 0 Å². The van der Waals surface area contributed by atoms with Crippen LogP contribution in [0.5, 0.6) is 0 Å². The topological polar surface area (TPSA) is 74.7 Å². The second-order valence-corrected chi connectivity index (χ2v) is 4.89. The van der Waals surface area contributed by atoms with Gasteiger partial charge in [0, 0.05) is 24.6 Å². The standard InChI is InChI=1S/C14H21NO4/c1-11-10-12(16)15(14(11)19)9-7-5-3-2-4-6-8-13(17)18/h10H,2-9H2,1H3,(H,17,18). The van der Waals surface area contributed by atoms with Gasteiger partial charge in [-0.1, -0.05) is 25.7 Å². The SMILES string of the molecule is CC1=CC(=O)N(CCCCCCCCC(=O)O)C1=O. The van der Waals surface area contributed by atoms with Crippen molar-refractivity contribution in [2.45, 2.75) is 51.9 Å². The average Bonchev–Trinajstić information content (AvgIpc) is 2.58. The van der Waals surface area contributed by atoms with Gasteiger partial charge >= 0.3 is 5.97 Å². The molecular weight excluding hydrogens is 246 g/mol. The summed E-state index contributed by atoms with van der Waals surface area (Å²) in [6.07, 6.45) is 7.07. The van der Waals surface area contributed by atoms with E-state index in [4.69, 9.17) is 5.11 Å². The number of imide groups is 1. The van der Waals surface area contributed by atoms with E-state index in [0.717, 1.165) is 38.5 Å². The van der Waals surface area contributed by atoms with Gasteiger partial charge in [0.05, 0.1) is 0 Å². The first-order valence-corrected chi connectivity index (χ1v) is 6.78. The number of hydrogen-bond acceptors (Lipinski definition) is 3. The third-order valence-corrected chi connectivity index (χ3v) is 3.21. The zero-order valence-electron chi connectivity index (χ0n) is 11.4. The molecule has 5 nitrogen and oxygen atoms in total. The van der Waals surface area contributed by atoms with Gasteiger partial charge < -0.3 is 5.11 Å². The number of carbonyl (C=O) groups is 3. The lowest BCUT2D eigenvalue weighted by Gasteiger charge is -2.13. The summed E-state index contributed by atoms with van der Waals surface area (Å²) < 4.78 is 0. The predicted molar refractivity (Wildman–Crippen MR) is 70.4 cm³/mol. The normalized spacial score (nSPS) is 15.0. The lowest BCUT2D eigenvalue weighted by atomic mass is 10.1. The second kappa shape index (κ2) is 7.71. The van der Waals surface area contributed by atoms with E-state index in [0.29, 0.717) is 12.1 Å². The molecule has 0 aromatic carbocycles. The minimum Gasteiger partial charge on any atom is -0.481 e. The van der Waals surface area contributed by atoms with Gasteiger partial charge in [0.15, 0.2) is 0 Å². The van der Waals surface area contributed by atoms with Crippen molar-refractivity contribution < 1.29 is 19.5 Å². The Morgan fingerprint density at radius 3 is 2.21 bits per heavy atom. The van der Waals surface area contributed by atoms with E-state index in [-0.39, 0.29) is 18.2 Å². The van der Waals surface area contributed by atoms with Crippen LogP contribution < -0.4 is 0 Å². The summed E-state index contributed by atoms with van der Waals surface area (Å²) in [7, 11) is 0. The smallest absolute Gasteiger partial charge is 0.303 e. The average molecular weight is 267 g/mol. The third-order valence-electron chi connectivity index (χ3n) is 3.21. The number of carboxylic acid groups (broad SMARTS) is 1. The van der Waals surface area contributed by atoms with E-state index < -0.39 is 5.97 Å². The minimum atomic E-state index is -0.742. The molecule has 0 aromatic rings. The first kappa shape index (κ1) is 15.4. The molecule has 1 N–H and O–H groups in total. The number of nitrogens with zero attached hydrogens (tertiary/aromatic N) is 1. The highest BCUT2D eigenvalue weighted by Crippen LogP contribution is 2.14. The molecule has 1 rings (SSSR count). The number of carbonyl (C=O) groups excluding carboxylic acids is 2. The highest BCUT2D eigenvalue weighted by Gasteiger charge is 2.27. The van der Waals surface area contributed by atoms with Gasteiger partial charge in [-0.25, -0.2) is 0 Å². The van der Waals surface area contributed by atoms with Crippen LogP contribution in [0.25, 0.3) is 0 Å². The van der Waals surface area contributed by atoms with Gasteiger partial charge in [0.25, 0.3) is 11.8 Å². The predicted octanol–water partition coefficient (Wildman–Crippen LogP) is 2.12. The lowest BCUT2D eigenvalue weighted by molar-refractivity contribution is -0.138. The Morgan fingerprint density at radius 2 is 1.68 bits per heavy atom. The Balaban J connectivity index is 2.01. The number of hydrogen-bond donors (Lipinski definition) is 1. The van der Waals surface area contributed by atoms with Crippen molar-refractivity contribution in [3.8, 4) is 0 Å². The molecule has 5 heteroatoms. The molecule has 0 unspecified atom stereocenters. The van der Waals surface area contributed by atoms with Gasteiger partial charge in [-0.3, -0.25) is 19.3 Å². The molecule has 0 aromatic heterocycles. The Kier molecular flexibility index (Phi) is 6.25. The molecule has 0 bridgehead atoms. The summed E-state index contributed by atoms with van der Waals surface area (Å²) in [6, 6.07) is 0. The van der Waals surface area contributed by atoms with Crippen LogP contribution in [-0.4, -0.2) is 34.3 Å². The van der Waals surface area contributed by atoms with Gasteiger partial charge in [-0.2, -0.15) is 0 Å². The summed E-state index contributed by atoms with van der Waals surface area (Å²) in [5.74, 6) is -1.12. The van der Waals surface area contributed by atoms with Crippen LogP contribution in [0.2, 0.25) is 0 Å². The fraction of sp³-hybridized carbons (Fsp3) is 0.643. The summed E-state index contributed by atoms with van der Waals surface area (Å²) in [5, 5.41) is 8.47. The van der Waals surface area contributed by atoms with Gasteiger partial charge in [0.1, 0.15) is 0 Å². The highest BCUT2D eigenvalue weighted by atomic mass is 16.4. The van der Waals surface area contributed by atoms with Crippen molar-refractivity contribution in [3.63, 3.8) is 0 Å². The fourth-order valence-electron chi connectivity index (χ4n) is 2.10. The van der Waals surface area contributed by atoms with E-state index >= 15 is 0 Å². The van der Waals surface area contributed by atoms with Gasteiger partial charge in [-0.05, 0) is 19.8 Å². The van der Waals surface area contributed by atoms with Crippen molar-refractivity contribution in [2.75, 3.05) is 6.54 Å². The number of aliphatic carboxylic acids is 1. The van der Waals surface area contributed by atoms with E-state index in [2.05, 4.69) is 0 Å². The molecule has 0 spiro atoms. The molecule has 1 heterocycles. The van der Waals surface area contributed by atoms with Crippen molar-refractivity contribution in [2.24, 2.45) is 0 Å². The summed E-state index contributed by atoms with van der Waals surface area (Å²) in [5.41, 5.74) is 0.513. The van der Waals surface area contributed by atoms with E-state index in [1.807, 2.05) is 0 Å². The molecule has 0 saturated heterocycles. The van der Waals surface area contributed by atoms with E-state index in [1.54, 1.807) is 6.92 Å². The zero-order valence-corrected chi connectivity index (χ0v) is 11.4. The molecule has 106 valence electrons. The van der Waals surface area contributed by atoms with Crippen LogP contribution in [0.1, 0.15) is 51.9 Å². The van der Waals surface area contributed by atoms with Crippen LogP contribution in [0.15, 0.2) is 11.6 Å². The Bertz CT molecular complexity index is 387. The molecular formula is C14H21NO4. The number of carboxylic acids is 1. The maximum absolute atomic E-state index is 11.6. The third kappa shape index (κ3) is 5.24. The molecule has 0 atom stereocenters. The Morgan fingerprint density at radius 1 is 1.11 bits per heavy atom. The van der Waals surface area contributed by atoms with E-state index in [1.165, 1.54) is 11.0 Å². The van der Waals surface area contributed by atoms with Crippen LogP contribution in [-0.2, 0) is 14.4 Å². The monoisotopic (exact) mass is 267 g/mol. The summed E-state index contributed by atoms with van der Waals surface area (Å²) >= 11 is 0. The van der Waals surface area contributed by atoms with E-state index in [9.17, 15) is 14.4 Å². The van der Waals surface area contributed by atoms with Crippen molar-refractivity contribution in [1.82, 2.24) is 4.90 Å². The molecule has 0 saturated carbocycles. The Labute approximate surface area is 113 Å². The maximum atomic E-state index is 11.6.